The van der Waals surface area contributed by atoms with E-state index in [1.165, 1.54) is 12.1 Å². The second-order valence-corrected chi connectivity index (χ2v) is 4.46. The molecule has 0 atom stereocenters. The van der Waals surface area contributed by atoms with E-state index in [-0.39, 0.29) is 17.8 Å². The summed E-state index contributed by atoms with van der Waals surface area (Å²) in [5.74, 6) is -0.424. The molecule has 2 aromatic heterocycles. The molecule has 0 aliphatic rings. The second-order valence-electron chi connectivity index (χ2n) is 4.46. The van der Waals surface area contributed by atoms with Crippen LogP contribution in [0, 0.1) is 5.82 Å². The number of nitrogens with zero attached hydrogens (tertiary/aromatic N) is 3. The van der Waals surface area contributed by atoms with Crippen molar-refractivity contribution in [3.05, 3.63) is 59.8 Å². The fourth-order valence-electron chi connectivity index (χ4n) is 1.94. The molecule has 0 bridgehead atoms. The predicted octanol–water partition coefficient (Wildman–Crippen LogP) is 1.38. The second kappa shape index (κ2) is 5.20. The molecule has 0 saturated heterocycles. The van der Waals surface area contributed by atoms with E-state index in [1.807, 2.05) is 18.2 Å². The van der Waals surface area contributed by atoms with Crippen molar-refractivity contribution in [2.24, 2.45) is 0 Å². The van der Waals surface area contributed by atoms with Gasteiger partial charge in [0.2, 0.25) is 0 Å². The van der Waals surface area contributed by atoms with E-state index in [0.717, 1.165) is 6.07 Å². The molecular formula is C14H12FN5O. The summed E-state index contributed by atoms with van der Waals surface area (Å²) >= 11 is 0. The molecule has 2 heterocycles. The van der Waals surface area contributed by atoms with Gasteiger partial charge < -0.3 is 11.1 Å². The van der Waals surface area contributed by atoms with Crippen LogP contribution in [-0.2, 0) is 6.54 Å². The smallest absolute Gasteiger partial charge is 0.251 e. The van der Waals surface area contributed by atoms with Crippen LogP contribution in [-0.4, -0.2) is 20.5 Å². The molecule has 0 unspecified atom stereocenters. The molecule has 6 nitrogen and oxygen atoms in total. The first kappa shape index (κ1) is 13.0. The van der Waals surface area contributed by atoms with Crippen molar-refractivity contribution >= 4 is 17.2 Å². The number of nitrogens with two attached hydrogens (primary N) is 1. The van der Waals surface area contributed by atoms with Crippen LogP contribution in [0.15, 0.2) is 42.6 Å². The molecule has 1 amide bonds. The third-order valence-electron chi connectivity index (χ3n) is 3.05. The first-order valence-electron chi connectivity index (χ1n) is 6.27. The lowest BCUT2D eigenvalue weighted by molar-refractivity contribution is 0.0949. The van der Waals surface area contributed by atoms with Gasteiger partial charge in [0.15, 0.2) is 11.5 Å². The van der Waals surface area contributed by atoms with Gasteiger partial charge in [0.1, 0.15) is 5.82 Å². The molecule has 0 radical (unpaired) electrons. The number of hydrogen-bond acceptors (Lipinski definition) is 4. The molecule has 0 aliphatic carbocycles. The van der Waals surface area contributed by atoms with Crippen molar-refractivity contribution in [1.82, 2.24) is 19.9 Å². The Morgan fingerprint density at radius 2 is 2.14 bits per heavy atom. The Morgan fingerprint density at radius 3 is 2.95 bits per heavy atom. The SMILES string of the molecule is Nc1ccc(C(=O)NCc2nnc3ccccn23)cc1F. The van der Waals surface area contributed by atoms with Gasteiger partial charge in [0.05, 0.1) is 12.2 Å². The minimum atomic E-state index is -0.615. The number of nitrogens with one attached hydrogen (secondary N) is 1. The van der Waals surface area contributed by atoms with Gasteiger partial charge >= 0.3 is 0 Å². The van der Waals surface area contributed by atoms with Crippen LogP contribution in [0.5, 0.6) is 0 Å². The van der Waals surface area contributed by atoms with E-state index in [0.29, 0.717) is 11.5 Å². The Kier molecular flexibility index (Phi) is 3.23. The highest BCUT2D eigenvalue weighted by Crippen LogP contribution is 2.12. The number of carbonyl (C=O) groups is 1. The largest absolute Gasteiger partial charge is 0.396 e. The highest BCUT2D eigenvalue weighted by Gasteiger charge is 2.10. The maximum atomic E-state index is 13.3. The normalized spacial score (nSPS) is 10.7. The molecule has 0 fully saturated rings. The van der Waals surface area contributed by atoms with E-state index in [4.69, 9.17) is 5.73 Å². The van der Waals surface area contributed by atoms with Gasteiger partial charge in [-0.3, -0.25) is 9.20 Å². The highest BCUT2D eigenvalue weighted by molar-refractivity contribution is 5.94. The Labute approximate surface area is 119 Å². The summed E-state index contributed by atoms with van der Waals surface area (Å²) in [6, 6.07) is 9.44. The number of anilines is 1. The van der Waals surface area contributed by atoms with Crippen LogP contribution in [0.25, 0.3) is 5.65 Å². The average Bonchev–Trinajstić information content (AvgIpc) is 2.91. The minimum absolute atomic E-state index is 0.00926. The van der Waals surface area contributed by atoms with Crippen molar-refractivity contribution in [2.75, 3.05) is 5.73 Å². The van der Waals surface area contributed by atoms with E-state index < -0.39 is 11.7 Å². The van der Waals surface area contributed by atoms with Gasteiger partial charge in [0, 0.05) is 11.8 Å². The highest BCUT2D eigenvalue weighted by atomic mass is 19.1. The van der Waals surface area contributed by atoms with Crippen molar-refractivity contribution in [3.8, 4) is 0 Å². The molecule has 0 spiro atoms. The van der Waals surface area contributed by atoms with Crippen molar-refractivity contribution in [2.45, 2.75) is 6.54 Å². The van der Waals surface area contributed by atoms with E-state index >= 15 is 0 Å². The van der Waals surface area contributed by atoms with Gasteiger partial charge in [-0.15, -0.1) is 10.2 Å². The summed E-state index contributed by atoms with van der Waals surface area (Å²) in [4.78, 5) is 12.0. The number of hydrogen-bond donors (Lipinski definition) is 2. The molecule has 3 N–H and O–H groups in total. The molecule has 106 valence electrons. The zero-order chi connectivity index (χ0) is 14.8. The molecular weight excluding hydrogens is 273 g/mol. The topological polar surface area (TPSA) is 85.3 Å². The summed E-state index contributed by atoms with van der Waals surface area (Å²) in [7, 11) is 0. The van der Waals surface area contributed by atoms with Crippen molar-refractivity contribution in [3.63, 3.8) is 0 Å². The van der Waals surface area contributed by atoms with Crippen LogP contribution in [0.1, 0.15) is 16.2 Å². The molecule has 0 aliphatic heterocycles. The van der Waals surface area contributed by atoms with Gasteiger partial charge in [-0.25, -0.2) is 4.39 Å². The lowest BCUT2D eigenvalue weighted by Crippen LogP contribution is -2.24. The first-order chi connectivity index (χ1) is 10.1. The summed E-state index contributed by atoms with van der Waals surface area (Å²) in [6.45, 7) is 0.190. The number of fused-ring (bicyclic) bond motifs is 1. The quantitative estimate of drug-likeness (QED) is 0.712. The summed E-state index contributed by atoms with van der Waals surface area (Å²) in [6.07, 6.45) is 1.81. The number of rotatable bonds is 3. The zero-order valence-corrected chi connectivity index (χ0v) is 11.0. The Balaban J connectivity index is 1.75. The number of pyridine rings is 1. The first-order valence-corrected chi connectivity index (χ1v) is 6.27. The van der Waals surface area contributed by atoms with Gasteiger partial charge in [0.25, 0.3) is 5.91 Å². The van der Waals surface area contributed by atoms with Crippen LogP contribution in [0.4, 0.5) is 10.1 Å². The number of aromatic nitrogens is 3. The van der Waals surface area contributed by atoms with Crippen LogP contribution >= 0.6 is 0 Å². The Bertz CT molecular complexity index is 814. The fourth-order valence-corrected chi connectivity index (χ4v) is 1.94. The third-order valence-corrected chi connectivity index (χ3v) is 3.05. The molecule has 1 aromatic carbocycles. The maximum Gasteiger partial charge on any atom is 0.251 e. The Morgan fingerprint density at radius 1 is 1.29 bits per heavy atom. The van der Waals surface area contributed by atoms with E-state index in [9.17, 15) is 9.18 Å². The van der Waals surface area contributed by atoms with Crippen LogP contribution in [0.3, 0.4) is 0 Å². The van der Waals surface area contributed by atoms with Gasteiger partial charge in [-0.2, -0.15) is 0 Å². The van der Waals surface area contributed by atoms with E-state index in [1.54, 1.807) is 10.6 Å². The number of nitrogen functional groups attached to an aromatic ring is 1. The fraction of sp³-hybridized carbons (Fsp3) is 0.0714. The van der Waals surface area contributed by atoms with Crippen LogP contribution < -0.4 is 11.1 Å². The number of amides is 1. The van der Waals surface area contributed by atoms with Gasteiger partial charge in [-0.05, 0) is 30.3 Å². The zero-order valence-electron chi connectivity index (χ0n) is 11.0. The number of carbonyl (C=O) groups excluding carboxylic acids is 1. The molecule has 3 aromatic rings. The average molecular weight is 285 g/mol. The summed E-state index contributed by atoms with van der Waals surface area (Å²) in [5.41, 5.74) is 6.28. The van der Waals surface area contributed by atoms with E-state index in [2.05, 4.69) is 15.5 Å². The predicted molar refractivity (Wildman–Crippen MR) is 75.0 cm³/mol. The standard InChI is InChI=1S/C14H12FN5O/c15-10-7-9(4-5-11(10)16)14(21)17-8-13-19-18-12-3-1-2-6-20(12)13/h1-7H,8,16H2,(H,17,21). The molecule has 0 saturated carbocycles. The number of benzene rings is 1. The minimum Gasteiger partial charge on any atom is -0.396 e. The van der Waals surface area contributed by atoms with Gasteiger partial charge in [-0.1, -0.05) is 6.07 Å². The number of halogens is 1. The van der Waals surface area contributed by atoms with Crippen molar-refractivity contribution in [1.29, 1.82) is 0 Å². The monoisotopic (exact) mass is 285 g/mol. The van der Waals surface area contributed by atoms with Crippen molar-refractivity contribution < 1.29 is 9.18 Å². The lowest BCUT2D eigenvalue weighted by Gasteiger charge is -2.05. The maximum absolute atomic E-state index is 13.3. The summed E-state index contributed by atoms with van der Waals surface area (Å²) in [5, 5.41) is 10.6. The molecule has 21 heavy (non-hydrogen) atoms. The Hall–Kier alpha value is -2.96. The lowest BCUT2D eigenvalue weighted by atomic mass is 10.2. The van der Waals surface area contributed by atoms with Crippen LogP contribution in [0.2, 0.25) is 0 Å². The molecule has 7 heteroatoms. The third kappa shape index (κ3) is 2.53. The molecule has 3 rings (SSSR count). The summed E-state index contributed by atoms with van der Waals surface area (Å²) < 4.78 is 15.1.